The first-order valence-corrected chi connectivity index (χ1v) is 6.19. The van der Waals surface area contributed by atoms with Crippen LogP contribution in [0.25, 0.3) is 17.0 Å². The zero-order valence-corrected chi connectivity index (χ0v) is 10.3. The Morgan fingerprint density at radius 2 is 2.06 bits per heavy atom. The van der Waals surface area contributed by atoms with Crippen LogP contribution >= 0.6 is 0 Å². The molecule has 0 aliphatic heterocycles. The number of aromatic amines is 1. The minimum Gasteiger partial charge on any atom is -0.259 e. The van der Waals surface area contributed by atoms with E-state index in [2.05, 4.69) is 40.3 Å². The van der Waals surface area contributed by atoms with Gasteiger partial charge in [-0.25, -0.2) is 4.98 Å². The Morgan fingerprint density at radius 1 is 1.22 bits per heavy atom. The maximum atomic E-state index is 4.55. The molecular formula is C15H15N3. The zero-order chi connectivity index (χ0) is 12.4. The van der Waals surface area contributed by atoms with Crippen LogP contribution in [-0.4, -0.2) is 15.2 Å². The van der Waals surface area contributed by atoms with Crippen LogP contribution in [0.2, 0.25) is 0 Å². The molecule has 90 valence electrons. The lowest BCUT2D eigenvalue weighted by atomic mass is 9.98. The van der Waals surface area contributed by atoms with Gasteiger partial charge in [0.1, 0.15) is 0 Å². The van der Waals surface area contributed by atoms with E-state index < -0.39 is 0 Å². The van der Waals surface area contributed by atoms with Gasteiger partial charge >= 0.3 is 0 Å². The molecule has 3 nitrogen and oxygen atoms in total. The molecule has 1 aromatic heterocycles. The van der Waals surface area contributed by atoms with Crippen molar-refractivity contribution >= 4 is 5.57 Å². The molecular weight excluding hydrogens is 222 g/mol. The summed E-state index contributed by atoms with van der Waals surface area (Å²) in [6.45, 7) is 2.20. The van der Waals surface area contributed by atoms with Crippen LogP contribution in [0.5, 0.6) is 0 Å². The van der Waals surface area contributed by atoms with Crippen LogP contribution in [0.3, 0.4) is 0 Å². The van der Waals surface area contributed by atoms with Crippen molar-refractivity contribution in [2.45, 2.75) is 13.3 Å². The fourth-order valence-electron chi connectivity index (χ4n) is 2.10. The van der Waals surface area contributed by atoms with Gasteiger partial charge in [0.05, 0.1) is 0 Å². The molecule has 1 atom stereocenters. The second-order valence-corrected chi connectivity index (χ2v) is 4.61. The minimum absolute atomic E-state index is 0.559. The van der Waals surface area contributed by atoms with Crippen LogP contribution in [-0.2, 0) is 0 Å². The fourth-order valence-corrected chi connectivity index (χ4v) is 2.10. The fraction of sp³-hybridized carbons (Fsp3) is 0.200. The van der Waals surface area contributed by atoms with Crippen molar-refractivity contribution in [3.8, 4) is 11.4 Å². The third-order valence-corrected chi connectivity index (χ3v) is 3.06. The van der Waals surface area contributed by atoms with Crippen molar-refractivity contribution in [3.05, 3.63) is 54.4 Å². The van der Waals surface area contributed by atoms with Gasteiger partial charge in [-0.15, -0.1) is 0 Å². The third-order valence-electron chi connectivity index (χ3n) is 3.06. The van der Waals surface area contributed by atoms with Crippen molar-refractivity contribution in [1.29, 1.82) is 0 Å². The van der Waals surface area contributed by atoms with Gasteiger partial charge < -0.3 is 0 Å². The van der Waals surface area contributed by atoms with Gasteiger partial charge in [-0.2, -0.15) is 5.10 Å². The van der Waals surface area contributed by atoms with Crippen molar-refractivity contribution < 1.29 is 0 Å². The summed E-state index contributed by atoms with van der Waals surface area (Å²) in [5.41, 5.74) is 2.16. The normalized spacial score (nSPS) is 18.7. The van der Waals surface area contributed by atoms with E-state index >= 15 is 0 Å². The first kappa shape index (κ1) is 11.0. The predicted octanol–water partition coefficient (Wildman–Crippen LogP) is 3.45. The summed E-state index contributed by atoms with van der Waals surface area (Å²) in [6.07, 6.45) is 7.59. The highest BCUT2D eigenvalue weighted by Crippen LogP contribution is 2.23. The molecule has 2 aromatic rings. The van der Waals surface area contributed by atoms with E-state index in [1.54, 1.807) is 0 Å². The number of nitrogens with one attached hydrogen (secondary N) is 1. The Labute approximate surface area is 106 Å². The monoisotopic (exact) mass is 237 g/mol. The van der Waals surface area contributed by atoms with Crippen molar-refractivity contribution in [3.63, 3.8) is 0 Å². The second kappa shape index (κ2) is 4.61. The number of benzene rings is 1. The van der Waals surface area contributed by atoms with Crippen molar-refractivity contribution in [2.24, 2.45) is 5.92 Å². The largest absolute Gasteiger partial charge is 0.259 e. The molecule has 0 radical (unpaired) electrons. The molecule has 1 aliphatic rings. The lowest BCUT2D eigenvalue weighted by Crippen LogP contribution is -1.96. The van der Waals surface area contributed by atoms with E-state index in [0.717, 1.165) is 29.2 Å². The number of rotatable bonds is 2. The van der Waals surface area contributed by atoms with Crippen LogP contribution in [0.1, 0.15) is 19.2 Å². The smallest absolute Gasteiger partial charge is 0.181 e. The summed E-state index contributed by atoms with van der Waals surface area (Å²) in [5.74, 6) is 2.15. The molecule has 0 saturated heterocycles. The quantitative estimate of drug-likeness (QED) is 0.869. The van der Waals surface area contributed by atoms with E-state index in [1.165, 1.54) is 0 Å². The van der Waals surface area contributed by atoms with Gasteiger partial charge in [-0.05, 0) is 12.3 Å². The summed E-state index contributed by atoms with van der Waals surface area (Å²) in [5, 5.41) is 7.29. The highest BCUT2D eigenvalue weighted by molar-refractivity contribution is 5.71. The molecule has 1 aromatic carbocycles. The van der Waals surface area contributed by atoms with Gasteiger partial charge in [-0.1, -0.05) is 55.5 Å². The molecule has 0 fully saturated rings. The van der Waals surface area contributed by atoms with E-state index in [1.807, 2.05) is 30.3 Å². The molecule has 0 spiro atoms. The first-order valence-electron chi connectivity index (χ1n) is 6.19. The van der Waals surface area contributed by atoms with E-state index in [9.17, 15) is 0 Å². The standard InChI is InChI=1S/C15H15N3/c1-11-6-5-9-13(10-11)15-16-14(17-18-15)12-7-3-2-4-8-12/h2-5,7-11H,6H2,1H3,(H,16,17,18). The van der Waals surface area contributed by atoms with E-state index in [4.69, 9.17) is 0 Å². The molecule has 1 N–H and O–H groups in total. The molecule has 1 aliphatic carbocycles. The number of aromatic nitrogens is 3. The second-order valence-electron chi connectivity index (χ2n) is 4.61. The molecule has 3 rings (SSSR count). The number of H-pyrrole nitrogens is 1. The van der Waals surface area contributed by atoms with Crippen molar-refractivity contribution in [1.82, 2.24) is 15.2 Å². The van der Waals surface area contributed by atoms with Gasteiger partial charge in [-0.3, -0.25) is 5.10 Å². The van der Waals surface area contributed by atoms with Gasteiger partial charge in [0.15, 0.2) is 11.6 Å². The molecule has 0 amide bonds. The summed E-state index contributed by atoms with van der Waals surface area (Å²) in [6, 6.07) is 10.0. The maximum Gasteiger partial charge on any atom is 0.181 e. The Kier molecular flexibility index (Phi) is 2.81. The Morgan fingerprint density at radius 3 is 2.83 bits per heavy atom. The molecule has 18 heavy (non-hydrogen) atoms. The number of nitrogens with zero attached hydrogens (tertiary/aromatic N) is 2. The third kappa shape index (κ3) is 2.12. The molecule has 1 heterocycles. The molecule has 0 saturated carbocycles. The number of hydrogen-bond donors (Lipinski definition) is 1. The Hall–Kier alpha value is -2.16. The lowest BCUT2D eigenvalue weighted by Gasteiger charge is -2.09. The maximum absolute atomic E-state index is 4.55. The minimum atomic E-state index is 0.559. The SMILES string of the molecule is CC1C=C(c2n[nH]c(-c3ccccc3)n2)C=CC1. The highest BCUT2D eigenvalue weighted by atomic mass is 15.2. The summed E-state index contributed by atoms with van der Waals surface area (Å²) < 4.78 is 0. The molecule has 3 heteroatoms. The average Bonchev–Trinajstić information content (AvgIpc) is 2.89. The van der Waals surface area contributed by atoms with Crippen LogP contribution in [0.15, 0.2) is 48.6 Å². The van der Waals surface area contributed by atoms with E-state index in [0.29, 0.717) is 5.92 Å². The Balaban J connectivity index is 1.93. The summed E-state index contributed by atoms with van der Waals surface area (Å²) in [4.78, 5) is 4.55. The van der Waals surface area contributed by atoms with Crippen LogP contribution in [0.4, 0.5) is 0 Å². The molecule has 0 bridgehead atoms. The highest BCUT2D eigenvalue weighted by Gasteiger charge is 2.11. The predicted molar refractivity (Wildman–Crippen MR) is 72.7 cm³/mol. The summed E-state index contributed by atoms with van der Waals surface area (Å²) >= 11 is 0. The Bertz CT molecular complexity index is 593. The zero-order valence-electron chi connectivity index (χ0n) is 10.3. The topological polar surface area (TPSA) is 41.6 Å². The van der Waals surface area contributed by atoms with Gasteiger partial charge in [0.25, 0.3) is 0 Å². The van der Waals surface area contributed by atoms with E-state index in [-0.39, 0.29) is 0 Å². The number of allylic oxidation sites excluding steroid dienone is 4. The van der Waals surface area contributed by atoms with Crippen LogP contribution in [0, 0.1) is 5.92 Å². The number of hydrogen-bond acceptors (Lipinski definition) is 2. The van der Waals surface area contributed by atoms with Gasteiger partial charge in [0, 0.05) is 11.1 Å². The average molecular weight is 237 g/mol. The van der Waals surface area contributed by atoms with Gasteiger partial charge in [0.2, 0.25) is 0 Å². The van der Waals surface area contributed by atoms with Crippen molar-refractivity contribution in [2.75, 3.05) is 0 Å². The lowest BCUT2D eigenvalue weighted by molar-refractivity contribution is 0.738. The van der Waals surface area contributed by atoms with Crippen LogP contribution < -0.4 is 0 Å². The summed E-state index contributed by atoms with van der Waals surface area (Å²) in [7, 11) is 0. The first-order chi connectivity index (χ1) is 8.83. The molecule has 1 unspecified atom stereocenters.